The molecule has 168 valence electrons. The van der Waals surface area contributed by atoms with Crippen LogP contribution in [-0.4, -0.2) is 56.8 Å². The van der Waals surface area contributed by atoms with Crippen molar-refractivity contribution in [2.75, 3.05) is 43.2 Å². The molecule has 0 bridgehead atoms. The van der Waals surface area contributed by atoms with Crippen LogP contribution < -0.4 is 25.2 Å². The number of anilines is 2. The number of carbonyl (C=O) groups excluding carboxylic acids is 2. The maximum Gasteiger partial charge on any atom is 0.414 e. The van der Waals surface area contributed by atoms with E-state index in [2.05, 4.69) is 10.6 Å². The third kappa shape index (κ3) is 5.02. The maximum absolute atomic E-state index is 12.3. The summed E-state index contributed by atoms with van der Waals surface area (Å²) in [6.45, 7) is 2.27. The zero-order chi connectivity index (χ0) is 22.5. The van der Waals surface area contributed by atoms with Gasteiger partial charge in [-0.25, -0.2) is 9.59 Å². The molecule has 2 fully saturated rings. The lowest BCUT2D eigenvalue weighted by atomic mass is 10.2. The summed E-state index contributed by atoms with van der Waals surface area (Å²) in [5, 5.41) is 6.71. The van der Waals surface area contributed by atoms with E-state index in [0.717, 1.165) is 17.0 Å². The molecule has 32 heavy (non-hydrogen) atoms. The normalized spacial score (nSPS) is 17.7. The van der Waals surface area contributed by atoms with Crippen molar-refractivity contribution in [2.45, 2.75) is 12.6 Å². The lowest BCUT2D eigenvalue weighted by Crippen LogP contribution is -2.40. The lowest BCUT2D eigenvalue weighted by Gasteiger charge is -2.16. The van der Waals surface area contributed by atoms with Crippen molar-refractivity contribution < 1.29 is 23.8 Å². The molecule has 2 heterocycles. The highest BCUT2D eigenvalue weighted by Crippen LogP contribution is 2.26. The minimum atomic E-state index is -0.415. The second-order valence-electron chi connectivity index (χ2n) is 7.31. The molecule has 2 aromatic carbocycles. The van der Waals surface area contributed by atoms with E-state index in [9.17, 15) is 9.59 Å². The van der Waals surface area contributed by atoms with E-state index in [1.165, 1.54) is 0 Å². The second kappa shape index (κ2) is 9.73. The Bertz CT molecular complexity index is 983. The molecule has 2 saturated heterocycles. The van der Waals surface area contributed by atoms with Crippen LogP contribution in [0.15, 0.2) is 48.5 Å². The fourth-order valence-electron chi connectivity index (χ4n) is 3.47. The number of hydrogen-bond acceptors (Lipinski definition) is 6. The molecule has 4 rings (SSSR count). The fourth-order valence-corrected chi connectivity index (χ4v) is 3.63. The standard InChI is InChI=1S/C22H24N4O5S/c1-29-18-8-2-15(3-9-18)12-23-20(32)24-13-19-14-26(22(28)31-19)17-6-4-16(5-7-17)25-10-11-30-21(25)27/h2-9,19H,10-14H2,1H3,(H2,23,24,32). The number of rotatable bonds is 7. The van der Waals surface area contributed by atoms with Crippen molar-refractivity contribution in [2.24, 2.45) is 0 Å². The molecule has 0 spiro atoms. The van der Waals surface area contributed by atoms with Crippen molar-refractivity contribution >= 4 is 40.9 Å². The van der Waals surface area contributed by atoms with E-state index in [1.807, 2.05) is 24.3 Å². The molecule has 10 heteroatoms. The number of benzene rings is 2. The molecule has 0 aliphatic carbocycles. The second-order valence-corrected chi connectivity index (χ2v) is 7.72. The number of hydrogen-bond donors (Lipinski definition) is 2. The molecule has 1 atom stereocenters. The predicted octanol–water partition coefficient (Wildman–Crippen LogP) is 2.64. The summed E-state index contributed by atoms with van der Waals surface area (Å²) in [6.07, 6.45) is -1.11. The predicted molar refractivity (Wildman–Crippen MR) is 123 cm³/mol. The highest BCUT2D eigenvalue weighted by atomic mass is 32.1. The molecular formula is C22H24N4O5S. The van der Waals surface area contributed by atoms with Gasteiger partial charge in [-0.3, -0.25) is 9.80 Å². The van der Waals surface area contributed by atoms with Crippen LogP contribution in [0, 0.1) is 0 Å². The van der Waals surface area contributed by atoms with Gasteiger partial charge in [0.05, 0.1) is 26.7 Å². The number of carbonyl (C=O) groups is 2. The molecule has 2 N–H and O–H groups in total. The minimum absolute atomic E-state index is 0.337. The van der Waals surface area contributed by atoms with Gasteiger partial charge in [0.15, 0.2) is 5.11 Å². The van der Waals surface area contributed by atoms with E-state index < -0.39 is 6.09 Å². The average Bonchev–Trinajstić information content (AvgIpc) is 3.41. The van der Waals surface area contributed by atoms with E-state index in [-0.39, 0.29) is 12.2 Å². The summed E-state index contributed by atoms with van der Waals surface area (Å²) in [7, 11) is 1.63. The SMILES string of the molecule is COc1ccc(CNC(=S)NCC2CN(c3ccc(N4CCOC4=O)cc3)C(=O)O2)cc1. The molecule has 1 unspecified atom stereocenters. The first-order valence-electron chi connectivity index (χ1n) is 10.2. The molecular weight excluding hydrogens is 432 g/mol. The Morgan fingerprint density at radius 1 is 1.03 bits per heavy atom. The Balaban J connectivity index is 1.24. The Morgan fingerprint density at radius 3 is 2.34 bits per heavy atom. The number of ether oxygens (including phenoxy) is 3. The van der Waals surface area contributed by atoms with Crippen molar-refractivity contribution in [3.05, 3.63) is 54.1 Å². The molecule has 2 aliphatic rings. The van der Waals surface area contributed by atoms with Gasteiger partial charge in [-0.2, -0.15) is 0 Å². The summed E-state index contributed by atoms with van der Waals surface area (Å²) >= 11 is 5.32. The van der Waals surface area contributed by atoms with Crippen LogP contribution in [0.1, 0.15) is 5.56 Å². The van der Waals surface area contributed by atoms with E-state index in [1.54, 1.807) is 41.2 Å². The van der Waals surface area contributed by atoms with Gasteiger partial charge in [0.1, 0.15) is 18.5 Å². The van der Waals surface area contributed by atoms with E-state index in [0.29, 0.717) is 43.6 Å². The third-order valence-electron chi connectivity index (χ3n) is 5.21. The summed E-state index contributed by atoms with van der Waals surface area (Å²) in [5.41, 5.74) is 2.50. The van der Waals surface area contributed by atoms with Gasteiger partial charge < -0.3 is 24.8 Å². The maximum atomic E-state index is 12.3. The highest BCUT2D eigenvalue weighted by Gasteiger charge is 2.32. The quantitative estimate of drug-likeness (QED) is 0.615. The molecule has 0 radical (unpaired) electrons. The van der Waals surface area contributed by atoms with E-state index >= 15 is 0 Å². The molecule has 2 amide bonds. The topological polar surface area (TPSA) is 92.4 Å². The Morgan fingerprint density at radius 2 is 1.72 bits per heavy atom. The van der Waals surface area contributed by atoms with Crippen LogP contribution in [0.5, 0.6) is 5.75 Å². The van der Waals surface area contributed by atoms with Crippen LogP contribution >= 0.6 is 12.2 Å². The van der Waals surface area contributed by atoms with Gasteiger partial charge >= 0.3 is 12.2 Å². The summed E-state index contributed by atoms with van der Waals surface area (Å²) in [5.74, 6) is 0.801. The summed E-state index contributed by atoms with van der Waals surface area (Å²) < 4.78 is 15.6. The van der Waals surface area contributed by atoms with Gasteiger partial charge in [-0.1, -0.05) is 12.1 Å². The Labute approximate surface area is 191 Å². The van der Waals surface area contributed by atoms with Crippen LogP contribution in [-0.2, 0) is 16.0 Å². The summed E-state index contributed by atoms with van der Waals surface area (Å²) in [4.78, 5) is 27.1. The van der Waals surface area contributed by atoms with Crippen molar-refractivity contribution in [3.8, 4) is 5.75 Å². The molecule has 0 aromatic heterocycles. The van der Waals surface area contributed by atoms with Crippen molar-refractivity contribution in [3.63, 3.8) is 0 Å². The number of cyclic esters (lactones) is 2. The average molecular weight is 457 g/mol. The number of methoxy groups -OCH3 is 1. The first-order chi connectivity index (χ1) is 15.5. The zero-order valence-corrected chi connectivity index (χ0v) is 18.4. The monoisotopic (exact) mass is 456 g/mol. The number of nitrogens with one attached hydrogen (secondary N) is 2. The third-order valence-corrected chi connectivity index (χ3v) is 5.50. The number of nitrogens with zero attached hydrogens (tertiary/aromatic N) is 2. The summed E-state index contributed by atoms with van der Waals surface area (Å²) in [6, 6.07) is 14.9. The Kier molecular flexibility index (Phi) is 6.60. The van der Waals surface area contributed by atoms with Gasteiger partial charge in [-0.05, 0) is 54.2 Å². The fraction of sp³-hybridized carbons (Fsp3) is 0.318. The minimum Gasteiger partial charge on any atom is -0.497 e. The molecule has 9 nitrogen and oxygen atoms in total. The van der Waals surface area contributed by atoms with Crippen LogP contribution in [0.2, 0.25) is 0 Å². The van der Waals surface area contributed by atoms with Crippen molar-refractivity contribution in [1.82, 2.24) is 10.6 Å². The first kappa shape index (κ1) is 21.7. The first-order valence-corrected chi connectivity index (χ1v) is 10.6. The van der Waals surface area contributed by atoms with Gasteiger partial charge in [-0.15, -0.1) is 0 Å². The van der Waals surface area contributed by atoms with Gasteiger partial charge in [0.2, 0.25) is 0 Å². The smallest absolute Gasteiger partial charge is 0.414 e. The van der Waals surface area contributed by atoms with Gasteiger partial charge in [0, 0.05) is 17.9 Å². The molecule has 2 aromatic rings. The molecule has 0 saturated carbocycles. The number of amides is 2. The van der Waals surface area contributed by atoms with E-state index in [4.69, 9.17) is 26.4 Å². The van der Waals surface area contributed by atoms with Crippen LogP contribution in [0.4, 0.5) is 21.0 Å². The van der Waals surface area contributed by atoms with Crippen LogP contribution in [0.3, 0.4) is 0 Å². The van der Waals surface area contributed by atoms with Crippen LogP contribution in [0.25, 0.3) is 0 Å². The largest absolute Gasteiger partial charge is 0.497 e. The molecule has 2 aliphatic heterocycles. The highest BCUT2D eigenvalue weighted by molar-refractivity contribution is 7.80. The zero-order valence-electron chi connectivity index (χ0n) is 17.6. The van der Waals surface area contributed by atoms with Crippen molar-refractivity contribution in [1.29, 1.82) is 0 Å². The number of thiocarbonyl (C=S) groups is 1. The lowest BCUT2D eigenvalue weighted by molar-refractivity contribution is 0.142. The van der Waals surface area contributed by atoms with Gasteiger partial charge in [0.25, 0.3) is 0 Å². The Hall–Kier alpha value is -3.53.